The summed E-state index contributed by atoms with van der Waals surface area (Å²) in [4.78, 5) is 47.9. The third-order valence-corrected chi connectivity index (χ3v) is 6.11. The van der Waals surface area contributed by atoms with Gasteiger partial charge in [0.05, 0.1) is 10.9 Å². The number of imidazole rings is 1. The van der Waals surface area contributed by atoms with Crippen molar-refractivity contribution in [1.29, 1.82) is 0 Å². The molecule has 2 N–H and O–H groups in total. The molecule has 4 aromatic rings. The fourth-order valence-electron chi connectivity index (χ4n) is 4.45. The average Bonchev–Trinajstić information content (AvgIpc) is 3.02. The van der Waals surface area contributed by atoms with Crippen LogP contribution in [0.5, 0.6) is 0 Å². The van der Waals surface area contributed by atoms with Gasteiger partial charge in [0.25, 0.3) is 17.4 Å². The van der Waals surface area contributed by atoms with E-state index in [2.05, 4.69) is 25.5 Å². The number of nitrogens with zero attached hydrogens (tertiary/aromatic N) is 5. The highest BCUT2D eigenvalue weighted by Gasteiger charge is 2.22. The van der Waals surface area contributed by atoms with Crippen molar-refractivity contribution in [2.24, 2.45) is 0 Å². The van der Waals surface area contributed by atoms with Gasteiger partial charge < -0.3 is 4.57 Å². The van der Waals surface area contributed by atoms with Gasteiger partial charge in [-0.25, -0.2) is 14.6 Å². The van der Waals surface area contributed by atoms with Gasteiger partial charge in [-0.3, -0.25) is 25.2 Å². The molecule has 0 atom stereocenters. The molecule has 4 heterocycles. The second-order valence-corrected chi connectivity index (χ2v) is 8.40. The van der Waals surface area contributed by atoms with Gasteiger partial charge in [-0.05, 0) is 38.8 Å². The third-order valence-electron chi connectivity index (χ3n) is 6.11. The van der Waals surface area contributed by atoms with Crippen LogP contribution < -0.4 is 16.4 Å². The van der Waals surface area contributed by atoms with Crippen molar-refractivity contribution >= 4 is 33.8 Å². The number of nitrogens with one attached hydrogen (secondary N) is 2. The second kappa shape index (κ2) is 8.69. The number of aryl methyl sites for hydroxylation is 4. The summed E-state index contributed by atoms with van der Waals surface area (Å²) in [6.07, 6.45) is 4.09. The molecule has 0 aliphatic carbocycles. The van der Waals surface area contributed by atoms with E-state index in [0.717, 1.165) is 38.1 Å². The first kappa shape index (κ1) is 21.7. The summed E-state index contributed by atoms with van der Waals surface area (Å²) >= 11 is 0. The lowest BCUT2D eigenvalue weighted by Crippen LogP contribution is -2.43. The van der Waals surface area contributed by atoms with E-state index in [1.165, 1.54) is 4.68 Å². The van der Waals surface area contributed by atoms with Crippen LogP contribution in [-0.2, 0) is 19.5 Å². The van der Waals surface area contributed by atoms with Crippen LogP contribution in [-0.4, -0.2) is 36.1 Å². The highest BCUT2D eigenvalue weighted by molar-refractivity contribution is 6.08. The van der Waals surface area contributed by atoms with Crippen LogP contribution in [0.25, 0.3) is 21.9 Å². The summed E-state index contributed by atoms with van der Waals surface area (Å²) in [5.74, 6) is -0.180. The summed E-state index contributed by atoms with van der Waals surface area (Å²) in [6.45, 7) is 4.74. The van der Waals surface area contributed by atoms with Crippen molar-refractivity contribution < 1.29 is 9.59 Å². The number of pyridine rings is 1. The van der Waals surface area contributed by atoms with Gasteiger partial charge in [0.2, 0.25) is 0 Å². The summed E-state index contributed by atoms with van der Waals surface area (Å²) in [5.41, 5.74) is 6.97. The Bertz CT molecular complexity index is 1500. The predicted octanol–water partition coefficient (Wildman–Crippen LogP) is 2.27. The molecule has 0 fully saturated rings. The zero-order chi connectivity index (χ0) is 23.8. The Morgan fingerprint density at radius 1 is 1.03 bits per heavy atom. The third kappa shape index (κ3) is 3.70. The van der Waals surface area contributed by atoms with E-state index in [9.17, 15) is 14.4 Å². The Hall–Kier alpha value is -4.08. The van der Waals surface area contributed by atoms with Crippen molar-refractivity contribution in [1.82, 2.24) is 35.2 Å². The van der Waals surface area contributed by atoms with Crippen LogP contribution in [0.4, 0.5) is 0 Å². The molecular weight excluding hydrogens is 434 g/mol. The minimum absolute atomic E-state index is 0.0575. The predicted molar refractivity (Wildman–Crippen MR) is 126 cm³/mol. The number of carbonyl (C=O) groups excluding carboxylic acids is 2. The summed E-state index contributed by atoms with van der Waals surface area (Å²) in [5, 5.41) is 5.01. The maximum absolute atomic E-state index is 13.1. The Morgan fingerprint density at radius 3 is 2.59 bits per heavy atom. The molecule has 0 unspecified atom stereocenters. The van der Waals surface area contributed by atoms with E-state index in [1.54, 1.807) is 37.3 Å². The maximum atomic E-state index is 13.1. The van der Waals surface area contributed by atoms with Crippen LogP contribution in [0.2, 0.25) is 0 Å². The Labute approximate surface area is 195 Å². The minimum Gasteiger partial charge on any atom is -0.313 e. The molecule has 2 amide bonds. The molecule has 1 aromatic carbocycles. The number of rotatable bonds is 3. The summed E-state index contributed by atoms with van der Waals surface area (Å²) in [6, 6.07) is 8.45. The van der Waals surface area contributed by atoms with Crippen molar-refractivity contribution in [2.75, 3.05) is 0 Å². The lowest BCUT2D eigenvalue weighted by Gasteiger charge is -2.11. The molecule has 3 aromatic heterocycles. The minimum atomic E-state index is -0.616. The van der Waals surface area contributed by atoms with Crippen molar-refractivity contribution in [3.63, 3.8) is 0 Å². The zero-order valence-corrected chi connectivity index (χ0v) is 19.1. The molecule has 1 aliphatic rings. The Kier molecular flexibility index (Phi) is 5.56. The van der Waals surface area contributed by atoms with Gasteiger partial charge in [0.15, 0.2) is 11.3 Å². The monoisotopic (exact) mass is 459 g/mol. The maximum Gasteiger partial charge on any atom is 0.290 e. The van der Waals surface area contributed by atoms with Gasteiger partial charge in [0.1, 0.15) is 11.3 Å². The van der Waals surface area contributed by atoms with Gasteiger partial charge in [0, 0.05) is 30.6 Å². The number of aromatic nitrogens is 5. The summed E-state index contributed by atoms with van der Waals surface area (Å²) < 4.78 is 3.32. The molecule has 0 bridgehead atoms. The normalized spacial score (nSPS) is 13.5. The fraction of sp³-hybridized carbons (Fsp3) is 0.333. The molecular formula is C24H25N7O3. The lowest BCUT2D eigenvalue weighted by molar-refractivity contribution is 0.0844. The van der Waals surface area contributed by atoms with Crippen LogP contribution >= 0.6 is 0 Å². The standard InChI is InChI=1S/C24H25N7O3/c1-3-31-24(34)16-10-7-6-9-15(16)20(29-31)23(33)28-27-22(32)17-13-14(2)25-21-19(17)26-18-11-5-4-8-12-30(18)21/h6-7,9-10,13H,3-5,8,11-12H2,1-2H3,(H,27,32)(H,28,33). The molecule has 0 saturated heterocycles. The number of fused-ring (bicyclic) bond motifs is 4. The van der Waals surface area contributed by atoms with Gasteiger partial charge in [-0.1, -0.05) is 24.6 Å². The lowest BCUT2D eigenvalue weighted by atomic mass is 10.1. The number of amides is 2. The van der Waals surface area contributed by atoms with E-state index in [1.807, 2.05) is 6.92 Å². The fourth-order valence-corrected chi connectivity index (χ4v) is 4.45. The molecule has 10 heteroatoms. The molecule has 0 spiro atoms. The number of carbonyl (C=O) groups is 2. The van der Waals surface area contributed by atoms with Crippen LogP contribution in [0.15, 0.2) is 35.1 Å². The quantitative estimate of drug-likeness (QED) is 0.453. The second-order valence-electron chi connectivity index (χ2n) is 8.40. The molecule has 0 radical (unpaired) electrons. The van der Waals surface area contributed by atoms with Gasteiger partial charge >= 0.3 is 0 Å². The van der Waals surface area contributed by atoms with Crippen LogP contribution in [0, 0.1) is 6.92 Å². The Balaban J connectivity index is 1.45. The SMILES string of the molecule is CCn1nc(C(=O)NNC(=O)c2cc(C)nc3c2nc2n3CCCCC2)c2ccccc2c1=O. The van der Waals surface area contributed by atoms with Crippen molar-refractivity contribution in [3.05, 3.63) is 63.5 Å². The zero-order valence-electron chi connectivity index (χ0n) is 19.1. The van der Waals surface area contributed by atoms with E-state index >= 15 is 0 Å². The van der Waals surface area contributed by atoms with Gasteiger partial charge in [-0.15, -0.1) is 0 Å². The number of hydrazine groups is 1. The molecule has 34 heavy (non-hydrogen) atoms. The van der Waals surface area contributed by atoms with Crippen molar-refractivity contribution in [2.45, 2.75) is 52.6 Å². The molecule has 0 saturated carbocycles. The van der Waals surface area contributed by atoms with E-state index < -0.39 is 11.8 Å². The topological polar surface area (TPSA) is 124 Å². The van der Waals surface area contributed by atoms with Gasteiger partial charge in [-0.2, -0.15) is 5.10 Å². The molecule has 5 rings (SSSR count). The average molecular weight is 460 g/mol. The van der Waals surface area contributed by atoms with Crippen LogP contribution in [0.1, 0.15) is 58.6 Å². The molecule has 10 nitrogen and oxygen atoms in total. The van der Waals surface area contributed by atoms with E-state index in [4.69, 9.17) is 4.98 Å². The largest absolute Gasteiger partial charge is 0.313 e. The number of benzene rings is 1. The first-order valence-corrected chi connectivity index (χ1v) is 11.4. The first-order chi connectivity index (χ1) is 16.5. The number of hydrogen-bond donors (Lipinski definition) is 2. The highest BCUT2D eigenvalue weighted by Crippen LogP contribution is 2.24. The smallest absolute Gasteiger partial charge is 0.290 e. The van der Waals surface area contributed by atoms with Crippen molar-refractivity contribution in [3.8, 4) is 0 Å². The van der Waals surface area contributed by atoms with E-state index in [0.29, 0.717) is 39.7 Å². The molecule has 1 aliphatic heterocycles. The molecule has 174 valence electrons. The highest BCUT2D eigenvalue weighted by atomic mass is 16.2. The first-order valence-electron chi connectivity index (χ1n) is 11.4. The van der Waals surface area contributed by atoms with E-state index in [-0.39, 0.29) is 11.3 Å². The number of hydrogen-bond acceptors (Lipinski definition) is 6. The van der Waals surface area contributed by atoms with Crippen LogP contribution in [0.3, 0.4) is 0 Å². The Morgan fingerprint density at radius 2 is 1.79 bits per heavy atom. The summed E-state index contributed by atoms with van der Waals surface area (Å²) in [7, 11) is 0.